The van der Waals surface area contributed by atoms with Crippen molar-refractivity contribution in [2.24, 2.45) is 5.73 Å². The second-order valence-corrected chi connectivity index (χ2v) is 4.43. The van der Waals surface area contributed by atoms with Gasteiger partial charge in [-0.15, -0.1) is 0 Å². The fourth-order valence-electron chi connectivity index (χ4n) is 2.44. The number of amides is 2. The molecule has 0 saturated carbocycles. The molecule has 0 fully saturated rings. The fraction of sp³-hybridized carbons (Fsp3) is 0.133. The first-order valence-electron chi connectivity index (χ1n) is 6.26. The average molecular weight is 268 g/mol. The molecule has 0 spiro atoms. The number of fused-ring (bicyclic) bond motifs is 1. The maximum atomic E-state index is 11.4. The minimum absolute atomic E-state index is 0.301. The van der Waals surface area contributed by atoms with Gasteiger partial charge >= 0.3 is 6.03 Å². The van der Waals surface area contributed by atoms with Crippen molar-refractivity contribution in [1.82, 2.24) is 5.32 Å². The van der Waals surface area contributed by atoms with Crippen molar-refractivity contribution in [2.75, 3.05) is 12.4 Å². The summed E-state index contributed by atoms with van der Waals surface area (Å²) in [5.41, 5.74) is 9.90. The van der Waals surface area contributed by atoms with Crippen molar-refractivity contribution in [3.63, 3.8) is 0 Å². The summed E-state index contributed by atoms with van der Waals surface area (Å²) in [6, 6.07) is 11.1. The van der Waals surface area contributed by atoms with E-state index >= 15 is 0 Å². The summed E-state index contributed by atoms with van der Waals surface area (Å²) in [7, 11) is 1.63. The molecule has 0 aliphatic carbocycles. The van der Waals surface area contributed by atoms with Crippen LogP contribution in [0.1, 0.15) is 5.56 Å². The molecule has 2 amide bonds. The highest BCUT2D eigenvalue weighted by Crippen LogP contribution is 2.40. The molecule has 101 valence electrons. The number of hydrogen-bond acceptors (Lipinski definition) is 3. The zero-order valence-electron chi connectivity index (χ0n) is 11.0. The Kier molecular flexibility index (Phi) is 3.04. The van der Waals surface area contributed by atoms with Crippen LogP contribution in [0.3, 0.4) is 0 Å². The first-order valence-corrected chi connectivity index (χ1v) is 6.26. The molecule has 1 aliphatic rings. The summed E-state index contributed by atoms with van der Waals surface area (Å²) < 4.78 is 5.39. The van der Waals surface area contributed by atoms with Crippen molar-refractivity contribution < 1.29 is 9.53 Å². The van der Waals surface area contributed by atoms with E-state index in [2.05, 4.69) is 10.6 Å². The number of methoxy groups -OCH3 is 1. The van der Waals surface area contributed by atoms with Gasteiger partial charge in [-0.05, 0) is 17.7 Å². The lowest BCUT2D eigenvalue weighted by Gasteiger charge is -2.14. The smallest absolute Gasteiger partial charge is 0.346 e. The Morgan fingerprint density at radius 3 is 2.75 bits per heavy atom. The molecule has 0 saturated heterocycles. The zero-order chi connectivity index (χ0) is 14.1. The Morgan fingerprint density at radius 2 is 2.00 bits per heavy atom. The van der Waals surface area contributed by atoms with E-state index in [1.807, 2.05) is 36.4 Å². The molecule has 5 heteroatoms. The minimum Gasteiger partial charge on any atom is -0.496 e. The lowest BCUT2D eigenvalue weighted by atomic mass is 9.96. The Labute approximate surface area is 116 Å². The van der Waals surface area contributed by atoms with Gasteiger partial charge in [-0.25, -0.2) is 4.79 Å². The molecule has 5 nitrogen and oxygen atoms in total. The number of carbonyl (C=O) groups excluding carboxylic acids is 1. The first-order chi connectivity index (χ1) is 9.74. The molecule has 0 unspecified atom stereocenters. The summed E-state index contributed by atoms with van der Waals surface area (Å²) in [6.45, 7) is 0.301. The number of carbonyl (C=O) groups is 1. The number of para-hydroxylation sites is 1. The van der Waals surface area contributed by atoms with Gasteiger partial charge < -0.3 is 15.8 Å². The maximum absolute atomic E-state index is 11.4. The topological polar surface area (TPSA) is 78.5 Å². The van der Waals surface area contributed by atoms with Crippen molar-refractivity contribution in [1.29, 1.82) is 0 Å². The van der Waals surface area contributed by atoms with Crippen LogP contribution in [-0.4, -0.2) is 13.1 Å². The number of nitrogens with zero attached hydrogens (tertiary/aromatic N) is 1. The highest BCUT2D eigenvalue weighted by Gasteiger charge is 2.24. The average Bonchev–Trinajstić information content (AvgIpc) is 2.86. The maximum Gasteiger partial charge on any atom is 0.346 e. The summed E-state index contributed by atoms with van der Waals surface area (Å²) in [4.78, 5) is 11.4. The summed E-state index contributed by atoms with van der Waals surface area (Å²) in [5.74, 6) is 0.763. The van der Waals surface area contributed by atoms with Crippen LogP contribution in [-0.2, 0) is 6.54 Å². The van der Waals surface area contributed by atoms with E-state index < -0.39 is 0 Å². The van der Waals surface area contributed by atoms with E-state index in [0.717, 1.165) is 22.4 Å². The van der Waals surface area contributed by atoms with Crippen LogP contribution < -0.4 is 21.1 Å². The number of urea groups is 1. The summed E-state index contributed by atoms with van der Waals surface area (Å²) in [5, 5.41) is 6.68. The molecular weight excluding hydrogens is 254 g/mol. The number of nitrogens with two attached hydrogens (primary N) is 1. The quantitative estimate of drug-likeness (QED) is 0.898. The molecule has 20 heavy (non-hydrogen) atoms. The third kappa shape index (κ3) is 1.88. The third-order valence-electron chi connectivity index (χ3n) is 3.34. The number of benzene rings is 2. The highest BCUT2D eigenvalue weighted by atomic mass is 16.5. The Hall–Kier alpha value is -2.53. The lowest BCUT2D eigenvalue weighted by Crippen LogP contribution is -2.09. The number of ether oxygens (including phenoxy) is 1. The fourth-order valence-corrected chi connectivity index (χ4v) is 2.44. The van der Waals surface area contributed by atoms with Gasteiger partial charge in [0.15, 0.2) is 0 Å². The Bertz CT molecular complexity index is 683. The zero-order valence-corrected chi connectivity index (χ0v) is 11.0. The lowest BCUT2D eigenvalue weighted by molar-refractivity contribution is 0.256. The van der Waals surface area contributed by atoms with Gasteiger partial charge in [0.25, 0.3) is 0 Å². The largest absolute Gasteiger partial charge is 0.496 e. The van der Waals surface area contributed by atoms with Crippen LogP contribution in [0.4, 0.5) is 16.2 Å². The van der Waals surface area contributed by atoms with E-state index in [4.69, 9.17) is 10.5 Å². The molecule has 3 rings (SSSR count). The van der Waals surface area contributed by atoms with Crippen LogP contribution in [0.5, 0.6) is 5.75 Å². The highest BCUT2D eigenvalue weighted by molar-refractivity contribution is 6.04. The van der Waals surface area contributed by atoms with E-state index in [9.17, 15) is 4.79 Å². The molecule has 0 bridgehead atoms. The standard InChI is InChI=1S/C15H14N3O2/c1-20-13-5-3-2-4-10(13)9-6-7-12-14(11(9)8-16)18-15(19)17-12/h2-7H,8,16H2,1H3,(H,17,19). The van der Waals surface area contributed by atoms with Crippen molar-refractivity contribution in [2.45, 2.75) is 6.54 Å². The van der Waals surface area contributed by atoms with E-state index in [-0.39, 0.29) is 6.03 Å². The minimum atomic E-state index is -0.355. The monoisotopic (exact) mass is 268 g/mol. The normalized spacial score (nSPS) is 12.6. The predicted octanol–water partition coefficient (Wildman–Crippen LogP) is 2.60. The Morgan fingerprint density at radius 1 is 1.20 bits per heavy atom. The second kappa shape index (κ2) is 4.86. The molecule has 2 aromatic rings. The van der Waals surface area contributed by atoms with Crippen LogP contribution in [0, 0.1) is 0 Å². The molecule has 1 radical (unpaired) electrons. The van der Waals surface area contributed by atoms with Crippen LogP contribution in [0.15, 0.2) is 36.4 Å². The number of anilines is 1. The van der Waals surface area contributed by atoms with Crippen molar-refractivity contribution in [3.8, 4) is 16.9 Å². The van der Waals surface area contributed by atoms with Gasteiger partial charge in [0.1, 0.15) is 5.75 Å². The van der Waals surface area contributed by atoms with Gasteiger partial charge in [0, 0.05) is 17.7 Å². The van der Waals surface area contributed by atoms with Crippen molar-refractivity contribution in [3.05, 3.63) is 42.0 Å². The van der Waals surface area contributed by atoms with Crippen molar-refractivity contribution >= 4 is 17.4 Å². The number of rotatable bonds is 3. The Balaban J connectivity index is 2.20. The SMILES string of the molecule is COc1ccccc1-c1ccc2c(c1CN)[N]C(=O)N2. The molecular formula is C15H14N3O2. The van der Waals surface area contributed by atoms with Crippen LogP contribution >= 0.6 is 0 Å². The summed E-state index contributed by atoms with van der Waals surface area (Å²) >= 11 is 0. The third-order valence-corrected chi connectivity index (χ3v) is 3.34. The van der Waals surface area contributed by atoms with Crippen LogP contribution in [0.2, 0.25) is 0 Å². The first kappa shape index (κ1) is 12.5. The second-order valence-electron chi connectivity index (χ2n) is 4.43. The van der Waals surface area contributed by atoms with E-state index in [0.29, 0.717) is 17.9 Å². The van der Waals surface area contributed by atoms with Gasteiger partial charge in [-0.3, -0.25) is 0 Å². The van der Waals surface area contributed by atoms with E-state index in [1.165, 1.54) is 0 Å². The van der Waals surface area contributed by atoms with E-state index in [1.54, 1.807) is 7.11 Å². The number of nitrogens with one attached hydrogen (secondary N) is 1. The summed E-state index contributed by atoms with van der Waals surface area (Å²) in [6.07, 6.45) is 0. The predicted molar refractivity (Wildman–Crippen MR) is 77.1 cm³/mol. The molecule has 1 heterocycles. The molecule has 2 aromatic carbocycles. The molecule has 1 aliphatic heterocycles. The number of hydrogen-bond donors (Lipinski definition) is 2. The molecule has 0 aromatic heterocycles. The molecule has 3 N–H and O–H groups in total. The molecule has 0 atom stereocenters. The van der Waals surface area contributed by atoms with Crippen LogP contribution in [0.25, 0.3) is 11.1 Å². The van der Waals surface area contributed by atoms with Gasteiger partial charge in [-0.2, -0.15) is 5.32 Å². The van der Waals surface area contributed by atoms with Gasteiger partial charge in [0.2, 0.25) is 0 Å². The van der Waals surface area contributed by atoms with Gasteiger partial charge in [0.05, 0.1) is 18.5 Å². The van der Waals surface area contributed by atoms with Gasteiger partial charge in [-0.1, -0.05) is 24.3 Å².